The van der Waals surface area contributed by atoms with Gasteiger partial charge >= 0.3 is 0 Å². The number of nitrogens with zero attached hydrogens (tertiary/aromatic N) is 2. The van der Waals surface area contributed by atoms with Crippen molar-refractivity contribution in [2.24, 2.45) is 0 Å². The molecule has 13 heavy (non-hydrogen) atoms. The smallest absolute Gasteiger partial charge is 0.222 e. The van der Waals surface area contributed by atoms with Crippen molar-refractivity contribution in [1.82, 2.24) is 9.97 Å². The first-order valence-electron chi connectivity index (χ1n) is 4.16. The summed E-state index contributed by atoms with van der Waals surface area (Å²) in [5.41, 5.74) is 0.885. The Morgan fingerprint density at radius 3 is 2.38 bits per heavy atom. The van der Waals surface area contributed by atoms with E-state index < -0.39 is 0 Å². The molecule has 0 bridgehead atoms. The summed E-state index contributed by atoms with van der Waals surface area (Å²) >= 11 is 11.5. The standard InChI is InChI=1S/C9H12Cl2N2/c1-4-9(2,3)6-5-7(10)13-8(11)12-6/h5H,4H2,1-3H3. The van der Waals surface area contributed by atoms with Crippen LogP contribution >= 0.6 is 23.2 Å². The quantitative estimate of drug-likeness (QED) is 0.562. The zero-order valence-electron chi connectivity index (χ0n) is 7.93. The Kier molecular flexibility index (Phi) is 3.14. The van der Waals surface area contributed by atoms with Gasteiger partial charge in [0.15, 0.2) is 0 Å². The molecule has 0 aliphatic rings. The summed E-state index contributed by atoms with van der Waals surface area (Å²) < 4.78 is 0. The van der Waals surface area contributed by atoms with Crippen molar-refractivity contribution in [1.29, 1.82) is 0 Å². The molecule has 0 saturated heterocycles. The molecule has 2 nitrogen and oxygen atoms in total. The summed E-state index contributed by atoms with van der Waals surface area (Å²) in [6, 6.07) is 1.76. The maximum Gasteiger partial charge on any atom is 0.224 e. The molecule has 0 aromatic carbocycles. The summed E-state index contributed by atoms with van der Waals surface area (Å²) in [5, 5.41) is 0.612. The normalized spacial score (nSPS) is 11.8. The van der Waals surface area contributed by atoms with Crippen LogP contribution in [0.25, 0.3) is 0 Å². The van der Waals surface area contributed by atoms with Gasteiger partial charge in [-0.1, -0.05) is 32.4 Å². The van der Waals surface area contributed by atoms with E-state index in [0.717, 1.165) is 12.1 Å². The van der Waals surface area contributed by atoms with Gasteiger partial charge in [-0.15, -0.1) is 0 Å². The van der Waals surface area contributed by atoms with Gasteiger partial charge in [-0.05, 0) is 24.1 Å². The maximum atomic E-state index is 5.78. The van der Waals surface area contributed by atoms with E-state index in [1.165, 1.54) is 0 Å². The van der Waals surface area contributed by atoms with Crippen LogP contribution in [0.15, 0.2) is 6.07 Å². The Bertz CT molecular complexity index is 290. The van der Waals surface area contributed by atoms with Crippen LogP contribution in [0.2, 0.25) is 10.4 Å². The molecule has 0 saturated carbocycles. The Balaban J connectivity index is 3.15. The van der Waals surface area contributed by atoms with Crippen molar-refractivity contribution in [2.45, 2.75) is 32.6 Å². The highest BCUT2D eigenvalue weighted by molar-refractivity contribution is 6.31. The molecule has 0 spiro atoms. The fourth-order valence-corrected chi connectivity index (χ4v) is 1.33. The van der Waals surface area contributed by atoms with Crippen molar-refractivity contribution >= 4 is 23.2 Å². The van der Waals surface area contributed by atoms with Gasteiger partial charge in [-0.25, -0.2) is 9.97 Å². The monoisotopic (exact) mass is 218 g/mol. The molecule has 1 rings (SSSR count). The highest BCUT2D eigenvalue weighted by Gasteiger charge is 2.20. The first-order valence-corrected chi connectivity index (χ1v) is 4.92. The SMILES string of the molecule is CCC(C)(C)c1cc(Cl)nc(Cl)n1. The molecule has 0 N–H and O–H groups in total. The first kappa shape index (κ1) is 10.7. The van der Waals surface area contributed by atoms with E-state index >= 15 is 0 Å². The van der Waals surface area contributed by atoms with E-state index in [4.69, 9.17) is 23.2 Å². The molecule has 0 atom stereocenters. The minimum Gasteiger partial charge on any atom is -0.222 e. The molecule has 0 aliphatic heterocycles. The fourth-order valence-electron chi connectivity index (χ4n) is 0.918. The van der Waals surface area contributed by atoms with Crippen LogP contribution in [0.4, 0.5) is 0 Å². The highest BCUT2D eigenvalue weighted by atomic mass is 35.5. The number of rotatable bonds is 2. The maximum absolute atomic E-state index is 5.78. The van der Waals surface area contributed by atoms with Crippen LogP contribution in [0.3, 0.4) is 0 Å². The molecule has 72 valence electrons. The van der Waals surface area contributed by atoms with Gasteiger partial charge in [0.25, 0.3) is 0 Å². The molecule has 1 aromatic heterocycles. The van der Waals surface area contributed by atoms with Crippen LogP contribution in [0, 0.1) is 0 Å². The predicted octanol–water partition coefficient (Wildman–Crippen LogP) is 3.47. The molecule has 0 radical (unpaired) electrons. The minimum absolute atomic E-state index is 0.00375. The van der Waals surface area contributed by atoms with E-state index in [9.17, 15) is 0 Å². The number of aromatic nitrogens is 2. The van der Waals surface area contributed by atoms with E-state index in [1.54, 1.807) is 6.07 Å². The van der Waals surface area contributed by atoms with Gasteiger partial charge in [-0.3, -0.25) is 0 Å². The molecule has 1 heterocycles. The van der Waals surface area contributed by atoms with Crippen molar-refractivity contribution < 1.29 is 0 Å². The third-order valence-electron chi connectivity index (χ3n) is 2.24. The molecule has 0 fully saturated rings. The van der Waals surface area contributed by atoms with E-state index in [2.05, 4.69) is 30.7 Å². The van der Waals surface area contributed by atoms with Gasteiger partial charge in [0.05, 0.1) is 5.69 Å². The Morgan fingerprint density at radius 1 is 1.31 bits per heavy atom. The molecule has 0 amide bonds. The highest BCUT2D eigenvalue weighted by Crippen LogP contribution is 2.27. The Hall–Kier alpha value is -0.340. The number of hydrogen-bond donors (Lipinski definition) is 0. The van der Waals surface area contributed by atoms with E-state index in [-0.39, 0.29) is 10.7 Å². The fraction of sp³-hybridized carbons (Fsp3) is 0.556. The van der Waals surface area contributed by atoms with Crippen LogP contribution in [-0.4, -0.2) is 9.97 Å². The zero-order valence-corrected chi connectivity index (χ0v) is 9.45. The summed E-state index contributed by atoms with van der Waals surface area (Å²) in [5.74, 6) is 0. The average molecular weight is 219 g/mol. The number of hydrogen-bond acceptors (Lipinski definition) is 2. The lowest BCUT2D eigenvalue weighted by molar-refractivity contribution is 0.489. The van der Waals surface area contributed by atoms with Crippen LogP contribution in [-0.2, 0) is 5.41 Å². The molecular weight excluding hydrogens is 207 g/mol. The topological polar surface area (TPSA) is 25.8 Å². The lowest BCUT2D eigenvalue weighted by Crippen LogP contribution is -2.17. The third kappa shape index (κ3) is 2.55. The zero-order chi connectivity index (χ0) is 10.1. The second-order valence-corrected chi connectivity index (χ2v) is 4.31. The van der Waals surface area contributed by atoms with Gasteiger partial charge in [0.2, 0.25) is 5.28 Å². The summed E-state index contributed by atoms with van der Waals surface area (Å²) in [7, 11) is 0. The molecule has 1 aromatic rings. The van der Waals surface area contributed by atoms with E-state index in [0.29, 0.717) is 5.15 Å². The van der Waals surface area contributed by atoms with Crippen LogP contribution < -0.4 is 0 Å². The molecule has 0 aliphatic carbocycles. The second-order valence-electron chi connectivity index (χ2n) is 3.58. The Labute approximate surface area is 88.3 Å². The first-order chi connectivity index (χ1) is 5.95. The van der Waals surface area contributed by atoms with Crippen LogP contribution in [0.1, 0.15) is 32.9 Å². The minimum atomic E-state index is -0.00375. The third-order valence-corrected chi connectivity index (χ3v) is 2.61. The van der Waals surface area contributed by atoms with Crippen molar-refractivity contribution in [3.05, 3.63) is 22.2 Å². The van der Waals surface area contributed by atoms with Gasteiger partial charge in [0, 0.05) is 5.41 Å². The average Bonchev–Trinajstić information content (AvgIpc) is 2.02. The molecular formula is C9H12Cl2N2. The lowest BCUT2D eigenvalue weighted by Gasteiger charge is -2.21. The summed E-state index contributed by atoms with van der Waals surface area (Å²) in [6.45, 7) is 6.30. The summed E-state index contributed by atoms with van der Waals surface area (Å²) in [4.78, 5) is 7.95. The lowest BCUT2D eigenvalue weighted by atomic mass is 9.86. The van der Waals surface area contributed by atoms with Gasteiger partial charge < -0.3 is 0 Å². The van der Waals surface area contributed by atoms with Crippen molar-refractivity contribution in [3.63, 3.8) is 0 Å². The van der Waals surface area contributed by atoms with Crippen molar-refractivity contribution in [3.8, 4) is 0 Å². The number of halogens is 2. The summed E-state index contributed by atoms with van der Waals surface area (Å²) in [6.07, 6.45) is 0.983. The van der Waals surface area contributed by atoms with E-state index in [1.807, 2.05) is 0 Å². The predicted molar refractivity (Wildman–Crippen MR) is 55.4 cm³/mol. The van der Waals surface area contributed by atoms with Gasteiger partial charge in [-0.2, -0.15) is 0 Å². The second kappa shape index (κ2) is 3.81. The Morgan fingerprint density at radius 2 is 1.92 bits per heavy atom. The van der Waals surface area contributed by atoms with Crippen LogP contribution in [0.5, 0.6) is 0 Å². The van der Waals surface area contributed by atoms with Gasteiger partial charge in [0.1, 0.15) is 5.15 Å². The molecule has 0 unspecified atom stereocenters. The largest absolute Gasteiger partial charge is 0.224 e. The molecule has 4 heteroatoms. The van der Waals surface area contributed by atoms with Crippen molar-refractivity contribution in [2.75, 3.05) is 0 Å².